The fraction of sp³-hybridized carbons (Fsp3) is 0. The van der Waals surface area contributed by atoms with E-state index in [9.17, 15) is 0 Å². The summed E-state index contributed by atoms with van der Waals surface area (Å²) in [5.41, 5.74) is 11.8. The van der Waals surface area contributed by atoms with E-state index in [1.807, 2.05) is 6.07 Å². The molecule has 0 fully saturated rings. The Kier molecular flexibility index (Phi) is 9.16. The average Bonchev–Trinajstić information content (AvgIpc) is 3.38. The summed E-state index contributed by atoms with van der Waals surface area (Å²) in [6, 6.07) is 84.2. The molecular weight excluding hydrogens is 775 g/mol. The minimum Gasteiger partial charge on any atom is -0.208 e. The molecule has 1 aromatic heterocycles. The van der Waals surface area contributed by atoms with Crippen LogP contribution in [0.5, 0.6) is 0 Å². The number of hydrogen-bond donors (Lipinski definition) is 0. The Morgan fingerprint density at radius 2 is 0.672 bits per heavy atom. The summed E-state index contributed by atoms with van der Waals surface area (Å²) in [5.74, 6) is 1.85. The number of nitrogens with zero attached hydrogens (tertiary/aromatic N) is 3. The molecule has 0 atom stereocenters. The van der Waals surface area contributed by atoms with Crippen molar-refractivity contribution in [3.63, 3.8) is 0 Å². The third-order valence-electron chi connectivity index (χ3n) is 12.5. The van der Waals surface area contributed by atoms with Crippen molar-refractivity contribution in [3.8, 4) is 78.7 Å². The fourth-order valence-corrected chi connectivity index (χ4v) is 9.49. The first-order valence-electron chi connectivity index (χ1n) is 21.8. The van der Waals surface area contributed by atoms with Gasteiger partial charge in [-0.2, -0.15) is 0 Å². The van der Waals surface area contributed by atoms with Crippen molar-refractivity contribution in [2.45, 2.75) is 0 Å². The third-order valence-corrected chi connectivity index (χ3v) is 12.5. The minimum absolute atomic E-state index is 0.612. The zero-order valence-corrected chi connectivity index (χ0v) is 34.9. The van der Waals surface area contributed by atoms with Gasteiger partial charge in [-0.3, -0.25) is 0 Å². The van der Waals surface area contributed by atoms with Gasteiger partial charge in [-0.1, -0.05) is 218 Å². The van der Waals surface area contributed by atoms with Crippen LogP contribution in [0.15, 0.2) is 237 Å². The van der Waals surface area contributed by atoms with Gasteiger partial charge in [-0.05, 0) is 106 Å². The average molecular weight is 814 g/mol. The maximum Gasteiger partial charge on any atom is 0.164 e. The summed E-state index contributed by atoms with van der Waals surface area (Å²) >= 11 is 0. The monoisotopic (exact) mass is 813 g/mol. The fourth-order valence-electron chi connectivity index (χ4n) is 9.49. The molecule has 0 saturated carbocycles. The first-order chi connectivity index (χ1) is 31.7. The van der Waals surface area contributed by atoms with Gasteiger partial charge in [-0.25, -0.2) is 15.0 Å². The molecular formula is C61H39N3. The van der Waals surface area contributed by atoms with Crippen molar-refractivity contribution >= 4 is 43.1 Å². The molecule has 3 heteroatoms. The van der Waals surface area contributed by atoms with Gasteiger partial charge in [0.15, 0.2) is 17.5 Å². The zero-order chi connectivity index (χ0) is 42.4. The Balaban J connectivity index is 1.03. The van der Waals surface area contributed by atoms with Gasteiger partial charge in [0.25, 0.3) is 0 Å². The van der Waals surface area contributed by atoms with Crippen LogP contribution in [0.3, 0.4) is 0 Å². The number of rotatable bonds is 7. The van der Waals surface area contributed by atoms with Crippen molar-refractivity contribution in [1.29, 1.82) is 0 Å². The third kappa shape index (κ3) is 6.59. The summed E-state index contributed by atoms with van der Waals surface area (Å²) in [7, 11) is 0. The summed E-state index contributed by atoms with van der Waals surface area (Å²) < 4.78 is 0. The Hall–Kier alpha value is -8.53. The van der Waals surface area contributed by atoms with E-state index >= 15 is 0 Å². The van der Waals surface area contributed by atoms with Crippen molar-refractivity contribution < 1.29 is 0 Å². The van der Waals surface area contributed by atoms with Gasteiger partial charge < -0.3 is 0 Å². The van der Waals surface area contributed by atoms with Crippen LogP contribution < -0.4 is 0 Å². The van der Waals surface area contributed by atoms with Crippen molar-refractivity contribution in [2.75, 3.05) is 0 Å². The molecule has 1 heterocycles. The van der Waals surface area contributed by atoms with Gasteiger partial charge in [0.1, 0.15) is 0 Å². The van der Waals surface area contributed by atoms with Gasteiger partial charge >= 0.3 is 0 Å². The van der Waals surface area contributed by atoms with Crippen LogP contribution in [0, 0.1) is 0 Å². The molecule has 0 bridgehead atoms. The predicted octanol–water partition coefficient (Wildman–Crippen LogP) is 16.2. The molecule has 0 saturated heterocycles. The molecule has 12 rings (SSSR count). The quantitative estimate of drug-likeness (QED) is 0.119. The highest BCUT2D eigenvalue weighted by Crippen LogP contribution is 2.42. The summed E-state index contributed by atoms with van der Waals surface area (Å²) in [4.78, 5) is 16.0. The number of aromatic nitrogens is 3. The van der Waals surface area contributed by atoms with Crippen molar-refractivity contribution in [2.24, 2.45) is 0 Å². The number of hydrogen-bond acceptors (Lipinski definition) is 3. The molecule has 3 nitrogen and oxygen atoms in total. The van der Waals surface area contributed by atoms with Crippen molar-refractivity contribution in [1.82, 2.24) is 15.0 Å². The van der Waals surface area contributed by atoms with E-state index in [4.69, 9.17) is 15.0 Å². The molecule has 0 N–H and O–H groups in total. The highest BCUT2D eigenvalue weighted by atomic mass is 15.0. The van der Waals surface area contributed by atoms with Crippen LogP contribution in [0.1, 0.15) is 0 Å². The van der Waals surface area contributed by atoms with E-state index in [0.717, 1.165) is 50.1 Å². The Labute approximate surface area is 371 Å². The molecule has 0 aliphatic rings. The second-order valence-electron chi connectivity index (χ2n) is 16.3. The van der Waals surface area contributed by atoms with Gasteiger partial charge in [0.05, 0.1) is 0 Å². The normalized spacial score (nSPS) is 11.4. The molecule has 0 unspecified atom stereocenters. The van der Waals surface area contributed by atoms with Gasteiger partial charge in [0.2, 0.25) is 0 Å². The summed E-state index contributed by atoms with van der Waals surface area (Å²) in [6.45, 7) is 0. The molecule has 0 spiro atoms. The lowest BCUT2D eigenvalue weighted by molar-refractivity contribution is 1.07. The smallest absolute Gasteiger partial charge is 0.164 e. The Morgan fingerprint density at radius 3 is 1.42 bits per heavy atom. The van der Waals surface area contributed by atoms with E-state index in [1.54, 1.807) is 0 Å². The zero-order valence-electron chi connectivity index (χ0n) is 34.9. The highest BCUT2D eigenvalue weighted by molar-refractivity contribution is 6.20. The van der Waals surface area contributed by atoms with Crippen LogP contribution in [0.25, 0.3) is 122 Å². The van der Waals surface area contributed by atoms with Crippen LogP contribution in [-0.2, 0) is 0 Å². The Bertz CT molecular complexity index is 3730. The second-order valence-corrected chi connectivity index (χ2v) is 16.3. The molecule has 0 radical (unpaired) electrons. The summed E-state index contributed by atoms with van der Waals surface area (Å²) in [5, 5.41) is 9.84. The Morgan fingerprint density at radius 1 is 0.203 bits per heavy atom. The van der Waals surface area contributed by atoms with Crippen LogP contribution in [0.4, 0.5) is 0 Å². The lowest BCUT2D eigenvalue weighted by Crippen LogP contribution is -2.02. The van der Waals surface area contributed by atoms with Crippen LogP contribution in [0.2, 0.25) is 0 Å². The SMILES string of the molecule is c1ccc(-c2ccccc2-c2nc(-c3cccc(-c4cccc(-c5c6ccccc6cc6c5ccc5ccccc56)c4)c3)nc(-c3ccccc3-c3cccc4ccccc34)n2)cc1. The van der Waals surface area contributed by atoms with E-state index in [-0.39, 0.29) is 0 Å². The standard InChI is InChI=1S/C61H39N3/c1-2-17-40(18-3-1)49-28-10-12-32-55(49)60-62-59(63-61(64-60)56-33-13-11-31-53(56)52-34-16-22-41-19-4-7-27-48(41)52)47-26-15-24-44(38-47)43-23-14-25-46(37-43)58-51-30-9-6-21-45(51)39-57-50-29-8-5-20-42(50)35-36-54(57)58/h1-39H. The largest absolute Gasteiger partial charge is 0.208 e. The number of benzene rings is 11. The minimum atomic E-state index is 0.612. The van der Waals surface area contributed by atoms with Crippen LogP contribution in [-0.4, -0.2) is 15.0 Å². The highest BCUT2D eigenvalue weighted by Gasteiger charge is 2.19. The molecule has 11 aromatic carbocycles. The van der Waals surface area contributed by atoms with E-state index < -0.39 is 0 Å². The van der Waals surface area contributed by atoms with Crippen molar-refractivity contribution in [3.05, 3.63) is 237 Å². The van der Waals surface area contributed by atoms with Crippen LogP contribution >= 0.6 is 0 Å². The summed E-state index contributed by atoms with van der Waals surface area (Å²) in [6.07, 6.45) is 0. The first-order valence-corrected chi connectivity index (χ1v) is 21.8. The topological polar surface area (TPSA) is 38.7 Å². The van der Waals surface area contributed by atoms with E-state index in [2.05, 4.69) is 231 Å². The van der Waals surface area contributed by atoms with E-state index in [0.29, 0.717) is 17.5 Å². The lowest BCUT2D eigenvalue weighted by Gasteiger charge is -2.16. The molecule has 0 aliphatic heterocycles. The lowest BCUT2D eigenvalue weighted by atomic mass is 9.89. The second kappa shape index (κ2) is 15.7. The molecule has 0 aliphatic carbocycles. The predicted molar refractivity (Wildman–Crippen MR) is 268 cm³/mol. The maximum atomic E-state index is 5.34. The molecule has 12 aromatic rings. The molecule has 298 valence electrons. The molecule has 0 amide bonds. The maximum absolute atomic E-state index is 5.34. The van der Waals surface area contributed by atoms with Gasteiger partial charge in [-0.15, -0.1) is 0 Å². The van der Waals surface area contributed by atoms with E-state index in [1.165, 1.54) is 54.2 Å². The number of fused-ring (bicyclic) bond motifs is 5. The molecule has 64 heavy (non-hydrogen) atoms. The first kappa shape index (κ1) is 37.2. The van der Waals surface area contributed by atoms with Gasteiger partial charge in [0, 0.05) is 16.7 Å².